The lowest BCUT2D eigenvalue weighted by atomic mass is 10.0. The number of aromatic nitrogens is 2. The standard InChI is InChI=1S/C22H23F2N3O3S/c1-29-14-9-10-19(30-2)15(12-14)17-8-5-11-26(17)20(28)13-31-22-25-16-6-3-4-7-18(16)27(22)21(23)24/h3-4,6-7,9-10,12,17,21H,5,8,11,13H2,1-2H3. The molecule has 4 rings (SSSR count). The first-order chi connectivity index (χ1) is 15.0. The first-order valence-corrected chi connectivity index (χ1v) is 10.9. The van der Waals surface area contributed by atoms with Crippen molar-refractivity contribution in [3.63, 3.8) is 0 Å². The molecule has 1 aliphatic rings. The maximum Gasteiger partial charge on any atom is 0.321 e. The number of benzene rings is 2. The third-order valence-electron chi connectivity index (χ3n) is 5.45. The molecule has 1 aliphatic heterocycles. The number of para-hydroxylation sites is 2. The number of ether oxygens (including phenoxy) is 2. The second-order valence-electron chi connectivity index (χ2n) is 7.17. The van der Waals surface area contributed by atoms with Crippen LogP contribution in [0.5, 0.6) is 11.5 Å². The van der Waals surface area contributed by atoms with Crippen molar-refractivity contribution in [2.75, 3.05) is 26.5 Å². The molecule has 0 radical (unpaired) electrons. The summed E-state index contributed by atoms with van der Waals surface area (Å²) in [6, 6.07) is 12.1. The molecule has 0 bridgehead atoms. The highest BCUT2D eigenvalue weighted by Crippen LogP contribution is 2.39. The van der Waals surface area contributed by atoms with Gasteiger partial charge in [-0.25, -0.2) is 4.98 Å². The fourth-order valence-electron chi connectivity index (χ4n) is 4.01. The van der Waals surface area contributed by atoms with Gasteiger partial charge < -0.3 is 14.4 Å². The molecule has 1 saturated heterocycles. The maximum absolute atomic E-state index is 13.6. The molecule has 1 amide bonds. The fourth-order valence-corrected chi connectivity index (χ4v) is 4.91. The summed E-state index contributed by atoms with van der Waals surface area (Å²) in [5.74, 6) is 1.29. The Labute approximate surface area is 183 Å². The second kappa shape index (κ2) is 9.13. The number of likely N-dealkylation sites (tertiary alicyclic amines) is 1. The van der Waals surface area contributed by atoms with Crippen LogP contribution in [-0.4, -0.2) is 46.9 Å². The number of halogens is 2. The highest BCUT2D eigenvalue weighted by molar-refractivity contribution is 7.99. The van der Waals surface area contributed by atoms with E-state index in [4.69, 9.17) is 9.47 Å². The molecular formula is C22H23F2N3O3S. The molecule has 1 fully saturated rings. The average Bonchev–Trinajstić information content (AvgIpc) is 3.41. The molecule has 6 nitrogen and oxygen atoms in total. The van der Waals surface area contributed by atoms with Gasteiger partial charge in [-0.15, -0.1) is 0 Å². The van der Waals surface area contributed by atoms with Gasteiger partial charge in [-0.3, -0.25) is 9.36 Å². The quantitative estimate of drug-likeness (QED) is 0.482. The first-order valence-electron chi connectivity index (χ1n) is 9.92. The van der Waals surface area contributed by atoms with Crippen molar-refractivity contribution < 1.29 is 23.0 Å². The zero-order valence-corrected chi connectivity index (χ0v) is 18.1. The molecule has 0 aliphatic carbocycles. The summed E-state index contributed by atoms with van der Waals surface area (Å²) in [5.41, 5.74) is 1.73. The van der Waals surface area contributed by atoms with Crippen molar-refractivity contribution in [1.82, 2.24) is 14.5 Å². The summed E-state index contributed by atoms with van der Waals surface area (Å²) in [4.78, 5) is 19.2. The van der Waals surface area contributed by atoms with Gasteiger partial charge in [-0.2, -0.15) is 8.78 Å². The minimum Gasteiger partial charge on any atom is -0.497 e. The van der Waals surface area contributed by atoms with E-state index in [0.717, 1.165) is 34.7 Å². The number of alkyl halides is 2. The smallest absolute Gasteiger partial charge is 0.321 e. The third-order valence-corrected chi connectivity index (χ3v) is 6.39. The maximum atomic E-state index is 13.6. The predicted molar refractivity (Wildman–Crippen MR) is 115 cm³/mol. The number of rotatable bonds is 7. The number of hydrogen-bond acceptors (Lipinski definition) is 5. The lowest BCUT2D eigenvalue weighted by molar-refractivity contribution is -0.129. The van der Waals surface area contributed by atoms with Crippen LogP contribution in [0.1, 0.15) is 31.0 Å². The van der Waals surface area contributed by atoms with Crippen LogP contribution in [-0.2, 0) is 4.79 Å². The topological polar surface area (TPSA) is 56.6 Å². The van der Waals surface area contributed by atoms with Crippen molar-refractivity contribution in [3.8, 4) is 11.5 Å². The Kier molecular flexibility index (Phi) is 6.31. The Morgan fingerprint density at radius 2 is 2.03 bits per heavy atom. The van der Waals surface area contributed by atoms with E-state index in [-0.39, 0.29) is 22.9 Å². The third kappa shape index (κ3) is 4.19. The minimum atomic E-state index is -2.73. The van der Waals surface area contributed by atoms with E-state index in [9.17, 15) is 13.6 Å². The van der Waals surface area contributed by atoms with Crippen LogP contribution in [0.4, 0.5) is 8.78 Å². The second-order valence-corrected chi connectivity index (χ2v) is 8.11. The molecule has 1 aromatic heterocycles. The molecule has 2 aromatic carbocycles. The molecule has 3 aromatic rings. The number of fused-ring (bicyclic) bond motifs is 1. The molecule has 1 unspecified atom stereocenters. The SMILES string of the molecule is COc1ccc(OC)c(C2CCCN2C(=O)CSc2nc3ccccc3n2C(F)F)c1. The Hall–Kier alpha value is -2.81. The molecule has 2 heterocycles. The molecule has 0 spiro atoms. The number of imidazole rings is 1. The fraction of sp³-hybridized carbons (Fsp3) is 0.364. The monoisotopic (exact) mass is 447 g/mol. The molecule has 9 heteroatoms. The first kappa shape index (κ1) is 21.4. The predicted octanol–water partition coefficient (Wildman–Crippen LogP) is 4.90. The van der Waals surface area contributed by atoms with Gasteiger partial charge in [0.2, 0.25) is 5.91 Å². The summed E-state index contributed by atoms with van der Waals surface area (Å²) < 4.78 is 39.0. The number of carbonyl (C=O) groups excluding carboxylic acids is 1. The van der Waals surface area contributed by atoms with E-state index >= 15 is 0 Å². The van der Waals surface area contributed by atoms with Gasteiger partial charge in [0.15, 0.2) is 5.16 Å². The highest BCUT2D eigenvalue weighted by Gasteiger charge is 2.32. The van der Waals surface area contributed by atoms with Crippen molar-refractivity contribution >= 4 is 28.7 Å². The van der Waals surface area contributed by atoms with Crippen molar-refractivity contribution in [1.29, 1.82) is 0 Å². The number of thioether (sulfide) groups is 1. The Morgan fingerprint density at radius 1 is 1.23 bits per heavy atom. The van der Waals surface area contributed by atoms with E-state index in [1.807, 2.05) is 18.2 Å². The van der Waals surface area contributed by atoms with E-state index in [1.165, 1.54) is 0 Å². The van der Waals surface area contributed by atoms with Gasteiger partial charge >= 0.3 is 6.55 Å². The van der Waals surface area contributed by atoms with Gasteiger partial charge in [0.25, 0.3) is 0 Å². The molecule has 1 atom stereocenters. The Bertz CT molecular complexity index is 1090. The summed E-state index contributed by atoms with van der Waals surface area (Å²) in [7, 11) is 3.19. The number of amides is 1. The van der Waals surface area contributed by atoms with Crippen molar-refractivity contribution in [2.24, 2.45) is 0 Å². The molecule has 0 N–H and O–H groups in total. The van der Waals surface area contributed by atoms with Crippen LogP contribution in [0.2, 0.25) is 0 Å². The van der Waals surface area contributed by atoms with E-state index in [1.54, 1.807) is 43.4 Å². The van der Waals surface area contributed by atoms with Crippen molar-refractivity contribution in [3.05, 3.63) is 48.0 Å². The molecule has 164 valence electrons. The summed E-state index contributed by atoms with van der Waals surface area (Å²) >= 11 is 1.04. The Morgan fingerprint density at radius 3 is 2.77 bits per heavy atom. The largest absolute Gasteiger partial charge is 0.497 e. The molecule has 31 heavy (non-hydrogen) atoms. The highest BCUT2D eigenvalue weighted by atomic mass is 32.2. The number of methoxy groups -OCH3 is 2. The summed E-state index contributed by atoms with van der Waals surface area (Å²) in [6.45, 7) is -2.12. The normalized spacial score (nSPS) is 16.3. The van der Waals surface area contributed by atoms with Crippen LogP contribution < -0.4 is 9.47 Å². The summed E-state index contributed by atoms with van der Waals surface area (Å²) in [6.07, 6.45) is 1.66. The van der Waals surface area contributed by atoms with Crippen molar-refractivity contribution in [2.45, 2.75) is 30.6 Å². The molecular weight excluding hydrogens is 424 g/mol. The van der Waals surface area contributed by atoms with Crippen LogP contribution in [0.3, 0.4) is 0 Å². The van der Waals surface area contributed by atoms with E-state index in [2.05, 4.69) is 4.98 Å². The Balaban J connectivity index is 1.54. The average molecular weight is 448 g/mol. The number of hydrogen-bond donors (Lipinski definition) is 0. The van der Waals surface area contributed by atoms with Crippen LogP contribution in [0, 0.1) is 0 Å². The lowest BCUT2D eigenvalue weighted by Crippen LogP contribution is -2.32. The van der Waals surface area contributed by atoms with Crippen LogP contribution in [0.15, 0.2) is 47.6 Å². The van der Waals surface area contributed by atoms with E-state index < -0.39 is 6.55 Å². The van der Waals surface area contributed by atoms with E-state index in [0.29, 0.717) is 29.1 Å². The number of nitrogens with zero attached hydrogens (tertiary/aromatic N) is 3. The van der Waals surface area contributed by atoms with Crippen LogP contribution >= 0.6 is 11.8 Å². The van der Waals surface area contributed by atoms with Gasteiger partial charge in [0.1, 0.15) is 11.5 Å². The number of carbonyl (C=O) groups is 1. The lowest BCUT2D eigenvalue weighted by Gasteiger charge is -2.26. The van der Waals surface area contributed by atoms with Crippen LogP contribution in [0.25, 0.3) is 11.0 Å². The molecule has 0 saturated carbocycles. The summed E-state index contributed by atoms with van der Waals surface area (Å²) in [5, 5.41) is 0.138. The zero-order chi connectivity index (χ0) is 22.0. The van der Waals surface area contributed by atoms with Gasteiger partial charge in [0.05, 0.1) is 37.0 Å². The van der Waals surface area contributed by atoms with Gasteiger partial charge in [-0.1, -0.05) is 23.9 Å². The van der Waals surface area contributed by atoms with Gasteiger partial charge in [-0.05, 0) is 43.2 Å². The zero-order valence-electron chi connectivity index (χ0n) is 17.3. The van der Waals surface area contributed by atoms with Gasteiger partial charge in [0, 0.05) is 12.1 Å². The minimum absolute atomic E-state index is 0.0266.